The van der Waals surface area contributed by atoms with Crippen LogP contribution in [0.15, 0.2) is 53.4 Å². The van der Waals surface area contributed by atoms with Crippen molar-refractivity contribution >= 4 is 23.3 Å². The van der Waals surface area contributed by atoms with E-state index in [1.54, 1.807) is 24.3 Å². The molecule has 0 saturated heterocycles. The summed E-state index contributed by atoms with van der Waals surface area (Å²) in [5.74, 6) is 0.389. The molecule has 0 aliphatic rings. The van der Waals surface area contributed by atoms with Crippen LogP contribution >= 0.6 is 7.59 Å². The molecule has 2 rings (SSSR count). The molecule has 0 unspecified atom stereocenters. The summed E-state index contributed by atoms with van der Waals surface area (Å²) in [5, 5.41) is 0. The van der Waals surface area contributed by atoms with Crippen molar-refractivity contribution in [3.8, 4) is 5.75 Å². The summed E-state index contributed by atoms with van der Waals surface area (Å²) in [7, 11) is -6.89. The van der Waals surface area contributed by atoms with Gasteiger partial charge in [-0.3, -0.25) is 15.6 Å². The lowest BCUT2D eigenvalue weighted by atomic mass is 10.2. The minimum atomic E-state index is -4.19. The summed E-state index contributed by atoms with van der Waals surface area (Å²) in [5.41, 5.74) is 11.9. The molecule has 0 spiro atoms. The molecular weight excluding hydrogens is 337 g/mol. The van der Waals surface area contributed by atoms with Crippen LogP contribution in [-0.4, -0.2) is 15.5 Å². The molecule has 0 radical (unpaired) electrons. The third-order valence-electron chi connectivity index (χ3n) is 3.10. The zero-order valence-electron chi connectivity index (χ0n) is 12.7. The van der Waals surface area contributed by atoms with Crippen LogP contribution in [0.2, 0.25) is 0 Å². The summed E-state index contributed by atoms with van der Waals surface area (Å²) in [6.07, 6.45) is 0. The lowest BCUT2D eigenvalue weighted by Crippen LogP contribution is -2.34. The first-order valence-corrected chi connectivity index (χ1v) is 9.84. The first-order valence-electron chi connectivity index (χ1n) is 6.60. The van der Waals surface area contributed by atoms with Gasteiger partial charge < -0.3 is 4.74 Å². The fourth-order valence-corrected chi connectivity index (χ4v) is 5.21. The van der Waals surface area contributed by atoms with Gasteiger partial charge in [-0.15, -0.1) is 0 Å². The highest BCUT2D eigenvalue weighted by Gasteiger charge is 2.35. The monoisotopic (exact) mass is 355 g/mol. The van der Waals surface area contributed by atoms with Gasteiger partial charge in [0, 0.05) is 6.07 Å². The number of hydrogen-bond acceptors (Lipinski definition) is 4. The molecule has 0 heterocycles. The Bertz CT molecular complexity index is 847. The Hall–Kier alpha value is -1.86. The second-order valence-corrected chi connectivity index (χ2v) is 8.74. The maximum absolute atomic E-state index is 12.8. The van der Waals surface area contributed by atoms with Crippen molar-refractivity contribution in [1.82, 2.24) is 0 Å². The van der Waals surface area contributed by atoms with Crippen LogP contribution in [-0.2, 0) is 14.6 Å². The Morgan fingerprint density at radius 2 is 1.70 bits per heavy atom. The SMILES string of the molecule is COc1cccc(N(P(N)(N)=O)S(=O)(=O)c2ccc(C)cc2)c1. The molecule has 4 N–H and O–H groups in total. The standard InChI is InChI=1S/C14H18N3O4PS/c1-11-6-8-14(9-7-11)23(19,20)17(22(15,16)18)12-4-3-5-13(10-12)21-2/h3-10H,1-2H3,(H4,15,16,18). The van der Waals surface area contributed by atoms with Crippen molar-refractivity contribution in [3.63, 3.8) is 0 Å². The lowest BCUT2D eigenvalue weighted by Gasteiger charge is -2.27. The van der Waals surface area contributed by atoms with Crippen LogP contribution in [0.1, 0.15) is 5.56 Å². The smallest absolute Gasteiger partial charge is 0.314 e. The normalized spacial score (nSPS) is 12.0. The van der Waals surface area contributed by atoms with E-state index in [1.807, 2.05) is 6.92 Å². The van der Waals surface area contributed by atoms with Crippen molar-refractivity contribution in [3.05, 3.63) is 54.1 Å². The van der Waals surface area contributed by atoms with E-state index in [4.69, 9.17) is 15.7 Å². The largest absolute Gasteiger partial charge is 0.497 e. The van der Waals surface area contributed by atoms with Crippen LogP contribution in [0.5, 0.6) is 5.75 Å². The molecule has 0 bridgehead atoms. The van der Waals surface area contributed by atoms with Crippen LogP contribution in [0.4, 0.5) is 5.69 Å². The van der Waals surface area contributed by atoms with Crippen LogP contribution in [0.25, 0.3) is 0 Å². The van der Waals surface area contributed by atoms with E-state index >= 15 is 0 Å². The van der Waals surface area contributed by atoms with Crippen molar-refractivity contribution in [2.24, 2.45) is 11.0 Å². The van der Waals surface area contributed by atoms with E-state index < -0.39 is 17.6 Å². The molecular formula is C14H18N3O4PS. The molecule has 2 aromatic rings. The summed E-state index contributed by atoms with van der Waals surface area (Å²) < 4.78 is 43.6. The number of methoxy groups -OCH3 is 1. The number of benzene rings is 2. The lowest BCUT2D eigenvalue weighted by molar-refractivity contribution is 0.415. The average Bonchev–Trinajstić information content (AvgIpc) is 2.46. The van der Waals surface area contributed by atoms with Gasteiger partial charge in [0.2, 0.25) is 0 Å². The molecule has 0 aliphatic carbocycles. The van der Waals surface area contributed by atoms with Gasteiger partial charge in [0.15, 0.2) is 0 Å². The first-order chi connectivity index (χ1) is 10.7. The Kier molecular flexibility index (Phi) is 4.81. The molecule has 0 atom stereocenters. The second-order valence-electron chi connectivity index (χ2n) is 4.94. The summed E-state index contributed by atoms with van der Waals surface area (Å²) in [6.45, 7) is 1.83. The van der Waals surface area contributed by atoms with Crippen molar-refractivity contribution < 1.29 is 17.7 Å². The third kappa shape index (κ3) is 3.73. The molecule has 0 aromatic heterocycles. The van der Waals surface area contributed by atoms with Gasteiger partial charge in [-0.25, -0.2) is 8.42 Å². The number of sulfonamides is 1. The van der Waals surface area contributed by atoms with Crippen molar-refractivity contribution in [2.45, 2.75) is 11.8 Å². The molecule has 2 aromatic carbocycles. The minimum Gasteiger partial charge on any atom is -0.497 e. The molecule has 7 nitrogen and oxygen atoms in total. The summed E-state index contributed by atoms with van der Waals surface area (Å²) in [6, 6.07) is 12.1. The van der Waals surface area contributed by atoms with Gasteiger partial charge in [-0.1, -0.05) is 23.8 Å². The van der Waals surface area contributed by atoms with Crippen LogP contribution in [0.3, 0.4) is 0 Å². The molecule has 9 heteroatoms. The number of nitrogens with two attached hydrogens (primary N) is 2. The number of aryl methyl sites for hydroxylation is 1. The van der Waals surface area contributed by atoms with E-state index in [1.165, 1.54) is 31.4 Å². The van der Waals surface area contributed by atoms with Gasteiger partial charge in [0.1, 0.15) is 5.75 Å². The Balaban J connectivity index is 2.63. The number of rotatable bonds is 5. The predicted molar refractivity (Wildman–Crippen MR) is 89.8 cm³/mol. The van der Waals surface area contributed by atoms with Gasteiger partial charge in [0.05, 0.1) is 17.7 Å². The minimum absolute atomic E-state index is 0.0537. The highest BCUT2D eigenvalue weighted by atomic mass is 32.2. The van der Waals surface area contributed by atoms with Gasteiger partial charge in [-0.2, -0.15) is 4.08 Å². The first kappa shape index (κ1) is 17.5. The number of ether oxygens (including phenoxy) is 1. The van der Waals surface area contributed by atoms with Crippen molar-refractivity contribution in [1.29, 1.82) is 0 Å². The van der Waals surface area contributed by atoms with Crippen LogP contribution in [0, 0.1) is 6.92 Å². The Morgan fingerprint density at radius 3 is 2.22 bits per heavy atom. The highest BCUT2D eigenvalue weighted by Crippen LogP contribution is 2.43. The second kappa shape index (κ2) is 6.33. The number of hydrogen-bond donors (Lipinski definition) is 2. The van der Waals surface area contributed by atoms with E-state index in [0.29, 0.717) is 9.83 Å². The molecule has 0 amide bonds. The zero-order valence-corrected chi connectivity index (χ0v) is 14.4. The fourth-order valence-electron chi connectivity index (χ4n) is 2.03. The Labute approximate surface area is 135 Å². The number of anilines is 1. The summed E-state index contributed by atoms with van der Waals surface area (Å²) >= 11 is 0. The maximum atomic E-state index is 12.8. The van der Waals surface area contributed by atoms with E-state index in [9.17, 15) is 13.0 Å². The quantitative estimate of drug-likeness (QED) is 0.795. The van der Waals surface area contributed by atoms with E-state index in [-0.39, 0.29) is 10.6 Å². The molecule has 0 saturated carbocycles. The third-order valence-corrected chi connectivity index (χ3v) is 6.85. The molecule has 0 fully saturated rings. The predicted octanol–water partition coefficient (Wildman–Crippen LogP) is 2.22. The topological polar surface area (TPSA) is 116 Å². The maximum Gasteiger partial charge on any atom is 0.314 e. The van der Waals surface area contributed by atoms with Gasteiger partial charge in [0.25, 0.3) is 10.0 Å². The zero-order chi connectivity index (χ0) is 17.3. The fraction of sp³-hybridized carbons (Fsp3) is 0.143. The summed E-state index contributed by atoms with van der Waals surface area (Å²) in [4.78, 5) is -0.0537. The average molecular weight is 355 g/mol. The highest BCUT2D eigenvalue weighted by molar-refractivity contribution is 8.00. The van der Waals surface area contributed by atoms with Gasteiger partial charge in [-0.05, 0) is 31.2 Å². The van der Waals surface area contributed by atoms with Gasteiger partial charge >= 0.3 is 7.59 Å². The molecule has 23 heavy (non-hydrogen) atoms. The van der Waals surface area contributed by atoms with E-state index in [0.717, 1.165) is 5.56 Å². The van der Waals surface area contributed by atoms with Crippen LogP contribution < -0.4 is 19.8 Å². The molecule has 124 valence electrons. The van der Waals surface area contributed by atoms with E-state index in [2.05, 4.69) is 0 Å². The Morgan fingerprint density at radius 1 is 1.09 bits per heavy atom. The van der Waals surface area contributed by atoms with Crippen molar-refractivity contribution in [2.75, 3.05) is 11.2 Å². The number of nitrogens with zero attached hydrogens (tertiary/aromatic N) is 1. The molecule has 0 aliphatic heterocycles.